The van der Waals surface area contributed by atoms with Crippen LogP contribution in [0.1, 0.15) is 22.8 Å². The molecule has 24 heteroatoms. The van der Waals surface area contributed by atoms with Crippen LogP contribution in [-0.2, 0) is 0 Å². The Morgan fingerprint density at radius 1 is 0.206 bits per heavy atom. The lowest BCUT2D eigenvalue weighted by atomic mass is 10.0. The number of H-pyrrole nitrogens is 2. The summed E-state index contributed by atoms with van der Waals surface area (Å²) in [5.74, 6) is 0. The van der Waals surface area contributed by atoms with E-state index in [1.807, 2.05) is 0 Å². The lowest BCUT2D eigenvalue weighted by Crippen LogP contribution is -1.94. The summed E-state index contributed by atoms with van der Waals surface area (Å²) in [4.78, 5) is 17.2. The second-order valence-corrected chi connectivity index (χ2v) is 21.8. The Kier molecular flexibility index (Phi) is 15.2. The van der Waals surface area contributed by atoms with E-state index < -0.39 is 0 Å². The van der Waals surface area contributed by atoms with Crippen LogP contribution in [0, 0.1) is 0 Å². The highest BCUT2D eigenvalue weighted by atomic mass is 35.5. The van der Waals surface area contributed by atoms with Crippen LogP contribution < -0.4 is 0 Å². The molecular weight excluding hydrogens is 1290 g/mol. The normalized spacial score (nSPS) is 12.3. The highest BCUT2D eigenvalue weighted by Gasteiger charge is 2.31. The van der Waals surface area contributed by atoms with Crippen molar-refractivity contribution in [1.29, 1.82) is 0 Å². The Labute approximate surface area is 484 Å². The summed E-state index contributed by atoms with van der Waals surface area (Å²) in [7, 11) is 0. The second-order valence-electron chi connectivity index (χ2n) is 14.3. The summed E-state index contributed by atoms with van der Waals surface area (Å²) in [6, 6.07) is 6.81. The van der Waals surface area contributed by atoms with E-state index in [0.29, 0.717) is 22.1 Å². The third-order valence-corrected chi connectivity index (χ3v) is 19.7. The zero-order valence-electron chi connectivity index (χ0n) is 32.1. The van der Waals surface area contributed by atoms with Crippen LogP contribution >= 0.6 is 232 Å². The van der Waals surface area contributed by atoms with Crippen LogP contribution in [0.5, 0.6) is 0 Å². The largest absolute Gasteiger partial charge is 0.354 e. The molecule has 2 N–H and O–H groups in total. The van der Waals surface area contributed by atoms with Gasteiger partial charge in [-0.1, -0.05) is 232 Å². The molecule has 4 aromatic carbocycles. The molecule has 0 amide bonds. The van der Waals surface area contributed by atoms with E-state index >= 15 is 0 Å². The lowest BCUT2D eigenvalue weighted by Gasteiger charge is -2.15. The zero-order chi connectivity index (χ0) is 49.3. The molecule has 8 bridgehead atoms. The maximum atomic E-state index is 7.04. The fourth-order valence-corrected chi connectivity index (χ4v) is 12.9. The average molecular weight is 1300 g/mol. The Balaban J connectivity index is 1.60. The Morgan fingerprint density at radius 2 is 0.353 bits per heavy atom. The fourth-order valence-electron chi connectivity index (χ4n) is 7.56. The molecule has 3 aromatic heterocycles. The van der Waals surface area contributed by atoms with E-state index in [4.69, 9.17) is 242 Å². The predicted octanol–water partition coefficient (Wildman–Crippen LogP) is 24.4. The lowest BCUT2D eigenvalue weighted by molar-refractivity contribution is 1.31. The first-order valence-corrected chi connectivity index (χ1v) is 25.9. The van der Waals surface area contributed by atoms with Gasteiger partial charge >= 0.3 is 0 Å². The van der Waals surface area contributed by atoms with E-state index in [2.05, 4.69) is 9.97 Å². The summed E-state index contributed by atoms with van der Waals surface area (Å²) in [5.41, 5.74) is 4.02. The molecule has 0 fully saturated rings. The predicted molar refractivity (Wildman–Crippen MR) is 301 cm³/mol. The minimum Gasteiger partial charge on any atom is -0.354 e. The first-order valence-electron chi connectivity index (χ1n) is 18.3. The van der Waals surface area contributed by atoms with Gasteiger partial charge in [0.05, 0.1) is 123 Å². The Bertz CT molecular complexity index is 3120. The van der Waals surface area contributed by atoms with E-state index in [0.717, 1.165) is 0 Å². The van der Waals surface area contributed by atoms with Crippen molar-refractivity contribution < 1.29 is 0 Å². The molecule has 2 aliphatic rings. The van der Waals surface area contributed by atoms with Crippen molar-refractivity contribution in [3.05, 3.63) is 147 Å². The number of benzene rings is 4. The van der Waals surface area contributed by atoms with Crippen LogP contribution in [0.2, 0.25) is 100 Å². The number of aromatic amines is 2. The molecular formula is C44H10Cl20N4. The van der Waals surface area contributed by atoms with Crippen LogP contribution in [0.4, 0.5) is 0 Å². The van der Waals surface area contributed by atoms with E-state index in [9.17, 15) is 0 Å². The third-order valence-electron chi connectivity index (χ3n) is 10.6. The monoisotopic (exact) mass is 1290 g/mol. The van der Waals surface area contributed by atoms with Gasteiger partial charge in [-0.2, -0.15) is 0 Å². The van der Waals surface area contributed by atoms with Crippen LogP contribution in [0.15, 0.2) is 24.3 Å². The number of rotatable bonds is 4. The molecule has 0 spiro atoms. The average Bonchev–Trinajstić information content (AvgIpc) is 4.18. The number of aromatic nitrogens is 4. The zero-order valence-corrected chi connectivity index (χ0v) is 47.2. The topological polar surface area (TPSA) is 57.4 Å². The molecule has 9 rings (SSSR count). The van der Waals surface area contributed by atoms with Crippen LogP contribution in [0.3, 0.4) is 0 Å². The van der Waals surface area contributed by atoms with E-state index in [1.54, 1.807) is 48.6 Å². The van der Waals surface area contributed by atoms with Crippen LogP contribution in [-0.4, -0.2) is 19.9 Å². The molecule has 0 radical (unpaired) electrons. The highest BCUT2D eigenvalue weighted by molar-refractivity contribution is 6.60. The van der Waals surface area contributed by atoms with Crippen LogP contribution in [0.25, 0.3) is 90.9 Å². The van der Waals surface area contributed by atoms with Gasteiger partial charge in [0.1, 0.15) is 0 Å². The van der Waals surface area contributed by atoms with Crippen molar-refractivity contribution in [2.75, 3.05) is 0 Å². The minimum atomic E-state index is -0.0913. The molecule has 68 heavy (non-hydrogen) atoms. The summed E-state index contributed by atoms with van der Waals surface area (Å²) >= 11 is 136. The number of nitrogens with one attached hydrogen (secondary N) is 2. The maximum Gasteiger partial charge on any atom is 0.0809 e. The van der Waals surface area contributed by atoms with Crippen molar-refractivity contribution in [2.45, 2.75) is 0 Å². The second kappa shape index (κ2) is 19.9. The summed E-state index contributed by atoms with van der Waals surface area (Å²) in [6.45, 7) is 0. The Hall–Kier alpha value is -0.720. The van der Waals surface area contributed by atoms with E-state index in [-0.39, 0.29) is 168 Å². The number of hydrogen-bond acceptors (Lipinski definition) is 2. The van der Waals surface area contributed by atoms with Crippen molar-refractivity contribution in [2.24, 2.45) is 0 Å². The molecule has 2 aliphatic heterocycles. The van der Waals surface area contributed by atoms with Gasteiger partial charge in [-0.3, -0.25) is 0 Å². The van der Waals surface area contributed by atoms with Gasteiger partial charge < -0.3 is 9.97 Å². The molecule has 346 valence electrons. The van der Waals surface area contributed by atoms with Gasteiger partial charge in [-0.25, -0.2) is 9.97 Å². The van der Waals surface area contributed by atoms with Crippen molar-refractivity contribution in [3.63, 3.8) is 0 Å². The first-order chi connectivity index (χ1) is 32.1. The molecule has 0 saturated carbocycles. The molecule has 5 heterocycles. The highest BCUT2D eigenvalue weighted by Crippen LogP contribution is 2.55. The van der Waals surface area contributed by atoms with Gasteiger partial charge in [0.25, 0.3) is 0 Å². The molecule has 0 aliphatic carbocycles. The van der Waals surface area contributed by atoms with Crippen molar-refractivity contribution in [3.8, 4) is 44.5 Å². The molecule has 0 saturated heterocycles. The third kappa shape index (κ3) is 8.39. The maximum absolute atomic E-state index is 7.04. The number of halogens is 20. The quantitative estimate of drug-likeness (QED) is 0.136. The smallest absolute Gasteiger partial charge is 0.0809 e. The van der Waals surface area contributed by atoms with Gasteiger partial charge in [0.15, 0.2) is 0 Å². The van der Waals surface area contributed by atoms with E-state index in [1.165, 1.54) is 0 Å². The van der Waals surface area contributed by atoms with Gasteiger partial charge in [0.2, 0.25) is 0 Å². The Morgan fingerprint density at radius 3 is 0.515 bits per heavy atom. The summed E-state index contributed by atoms with van der Waals surface area (Å²) < 4.78 is 0. The van der Waals surface area contributed by atoms with Gasteiger partial charge in [0, 0.05) is 66.6 Å². The fraction of sp³-hybridized carbons (Fsp3) is 0. The SMILES string of the molecule is Clc1c(Cl)c(Cl)c(-c2c3nc(c(-c4c(Cl)c(Cl)c(Cl)c(Cl)c4Cl)c4ccc([nH]4)c(-c4c(Cl)c(Cl)c(Cl)c(Cl)c4Cl)c4nc(c(-c5c(Cl)c(Cl)c(Cl)c(Cl)c5Cl)c5ccc2[nH]5)C=C4)C=C3)c(Cl)c1Cl. The number of nitrogens with zero attached hydrogens (tertiary/aromatic N) is 2. The molecule has 7 aromatic rings. The molecule has 0 unspecified atom stereocenters. The number of fused-ring (bicyclic) bond motifs is 8. The summed E-state index contributed by atoms with van der Waals surface area (Å²) in [5, 5.41) is -1.56. The van der Waals surface area contributed by atoms with Gasteiger partial charge in [-0.15, -0.1) is 0 Å². The molecule has 0 atom stereocenters. The van der Waals surface area contributed by atoms with Crippen molar-refractivity contribution in [1.82, 2.24) is 19.9 Å². The minimum absolute atomic E-state index is 0.0616. The molecule has 4 nitrogen and oxygen atoms in total. The standard InChI is InChI=1S/C44H10Cl20N4/c45-25-21(26(46)34(54)41(61)33(25)53)17-9-1-2-10(65-9)18(22-27(47)35(55)42(62)36(56)28(22)48)12-5-6-14(67-12)20(24-31(51)39(59)44(64)40(60)32(24)52)16-8-7-15(68-16)19(13-4-3-11(17)66-13)23-29(49)37(57)43(63)38(58)30(23)50/h1-8,65,68H. The van der Waals surface area contributed by atoms with Crippen molar-refractivity contribution >= 4 is 278 Å². The first kappa shape index (κ1) is 52.2. The number of hydrogen-bond donors (Lipinski definition) is 2. The summed E-state index contributed by atoms with van der Waals surface area (Å²) in [6.07, 6.45) is 6.70. The van der Waals surface area contributed by atoms with Gasteiger partial charge in [-0.05, 0) is 48.6 Å².